The summed E-state index contributed by atoms with van der Waals surface area (Å²) in [5, 5.41) is -4.86. The molecule has 0 aromatic carbocycles. The highest BCUT2D eigenvalue weighted by atomic mass is 32.2. The molecule has 0 spiro atoms. The molecule has 9 heteroatoms. The van der Waals surface area contributed by atoms with Gasteiger partial charge in [-0.2, -0.15) is 21.7 Å². The molecule has 72 valence electrons. The Bertz CT molecular complexity index is 221. The highest BCUT2D eigenvalue weighted by Gasteiger charge is 2.69. The third-order valence-electron chi connectivity index (χ3n) is 1.13. The summed E-state index contributed by atoms with van der Waals surface area (Å²) < 4.78 is 72.8. The number of hydrogen-bond acceptors (Lipinski definition) is 2. The van der Waals surface area contributed by atoms with E-state index in [0.29, 0.717) is 0 Å². The van der Waals surface area contributed by atoms with Gasteiger partial charge < -0.3 is 0 Å². The van der Waals surface area contributed by atoms with Gasteiger partial charge in [-0.25, -0.2) is 8.60 Å². The fraction of sp³-hybridized carbons (Fsp3) is 1.00. The van der Waals surface area contributed by atoms with Gasteiger partial charge in [0.2, 0.25) is 5.50 Å². The van der Waals surface area contributed by atoms with Crippen molar-refractivity contribution >= 4 is 22.9 Å². The van der Waals surface area contributed by atoms with Crippen molar-refractivity contribution in [2.45, 2.75) is 16.7 Å². The molecular weight excluding hydrogens is 225 g/mol. The third kappa shape index (κ3) is 1.23. The van der Waals surface area contributed by atoms with Crippen molar-refractivity contribution in [2.24, 2.45) is 0 Å². The lowest BCUT2D eigenvalue weighted by atomic mass is 10.4. The van der Waals surface area contributed by atoms with Crippen molar-refractivity contribution in [3.05, 3.63) is 0 Å². The summed E-state index contributed by atoms with van der Waals surface area (Å²) in [4.78, 5) is 0. The van der Waals surface area contributed by atoms with Crippen LogP contribution in [-0.4, -0.2) is 20.9 Å². The molecule has 0 radical (unpaired) electrons. The first kappa shape index (κ1) is 10.2. The third-order valence-corrected chi connectivity index (χ3v) is 3.36. The van der Waals surface area contributed by atoms with Gasteiger partial charge in [-0.05, 0) is 11.9 Å². The molecule has 1 aliphatic rings. The lowest BCUT2D eigenvalue weighted by Crippen LogP contribution is -2.56. The van der Waals surface area contributed by atoms with Gasteiger partial charge in [0.05, 0.1) is 0 Å². The van der Waals surface area contributed by atoms with Gasteiger partial charge in [-0.1, -0.05) is 0 Å². The molecule has 1 rings (SSSR count). The fourth-order valence-electron chi connectivity index (χ4n) is 0.468. The summed E-state index contributed by atoms with van der Waals surface area (Å²) in [5.74, 6) is -4.90. The van der Waals surface area contributed by atoms with Gasteiger partial charge in [-0.15, -0.1) is 0 Å². The Hall–Kier alpha value is 0.110. The van der Waals surface area contributed by atoms with Crippen molar-refractivity contribution in [2.75, 3.05) is 0 Å². The maximum absolute atomic E-state index is 12.3. The number of alkyl halides is 5. The molecule has 0 amide bonds. The second-order valence-electron chi connectivity index (χ2n) is 1.93. The lowest BCUT2D eigenvalue weighted by molar-refractivity contribution is -0.174. The molecule has 2 unspecified atom stereocenters. The minimum atomic E-state index is -4.90. The Morgan fingerprint density at radius 1 is 1.33 bits per heavy atom. The van der Waals surface area contributed by atoms with E-state index in [0.717, 1.165) is 0 Å². The van der Waals surface area contributed by atoms with Crippen LogP contribution in [0.25, 0.3) is 0 Å². The molecule has 0 aromatic heterocycles. The molecule has 1 saturated heterocycles. The standard InChI is InChI=1S/C3H2F5NOS2/c4-1-2(5,6)3(7,8)12(10)9-11-1/h1,9H. The minimum Gasteiger partial charge on any atom is -0.235 e. The van der Waals surface area contributed by atoms with E-state index in [1.54, 1.807) is 0 Å². The summed E-state index contributed by atoms with van der Waals surface area (Å²) in [7, 11) is -3.25. The van der Waals surface area contributed by atoms with Gasteiger partial charge in [0.1, 0.15) is 0 Å². The Kier molecular flexibility index (Phi) is 2.39. The SMILES string of the molecule is O=S1NSC(F)C(F)(F)C1(F)F. The zero-order chi connectivity index (χ0) is 9.57. The van der Waals surface area contributed by atoms with Crippen molar-refractivity contribution in [3.63, 3.8) is 0 Å². The second kappa shape index (κ2) is 2.81. The highest BCUT2D eigenvalue weighted by Crippen LogP contribution is 2.47. The van der Waals surface area contributed by atoms with Crippen LogP contribution in [-0.2, 0) is 11.0 Å². The quantitative estimate of drug-likeness (QED) is 0.501. The van der Waals surface area contributed by atoms with Crippen LogP contribution in [0.3, 0.4) is 0 Å². The second-order valence-corrected chi connectivity index (χ2v) is 4.29. The van der Waals surface area contributed by atoms with Crippen LogP contribution in [0.5, 0.6) is 0 Å². The predicted octanol–water partition coefficient (Wildman–Crippen LogP) is 1.43. The van der Waals surface area contributed by atoms with Gasteiger partial charge in [0.25, 0.3) is 0 Å². The zero-order valence-corrected chi connectivity index (χ0v) is 6.82. The number of rotatable bonds is 0. The van der Waals surface area contributed by atoms with E-state index in [-0.39, 0.29) is 11.9 Å². The summed E-state index contributed by atoms with van der Waals surface area (Å²) in [5.41, 5.74) is -3.09. The average molecular weight is 227 g/mol. The van der Waals surface area contributed by atoms with Crippen molar-refractivity contribution < 1.29 is 26.2 Å². The topological polar surface area (TPSA) is 29.1 Å². The maximum atomic E-state index is 12.3. The Morgan fingerprint density at radius 3 is 2.25 bits per heavy atom. The largest absolute Gasteiger partial charge is 0.400 e. The van der Waals surface area contributed by atoms with Crippen LogP contribution >= 0.6 is 11.9 Å². The highest BCUT2D eigenvalue weighted by molar-refractivity contribution is 8.08. The molecule has 1 N–H and O–H groups in total. The van der Waals surface area contributed by atoms with Crippen molar-refractivity contribution in [3.8, 4) is 0 Å². The number of halogens is 5. The molecule has 1 aliphatic heterocycles. The van der Waals surface area contributed by atoms with Crippen LogP contribution in [0.1, 0.15) is 0 Å². The molecule has 12 heavy (non-hydrogen) atoms. The number of nitrogens with one attached hydrogen (secondary N) is 1. The van der Waals surface area contributed by atoms with Crippen LogP contribution < -0.4 is 4.13 Å². The van der Waals surface area contributed by atoms with Crippen LogP contribution in [0.4, 0.5) is 22.0 Å². The molecular formula is C3H2F5NOS2. The number of hydrogen-bond donors (Lipinski definition) is 1. The Balaban J connectivity index is 3.00. The van der Waals surface area contributed by atoms with Crippen molar-refractivity contribution in [1.29, 1.82) is 0 Å². The van der Waals surface area contributed by atoms with Gasteiger partial charge >= 0.3 is 11.2 Å². The molecule has 1 heterocycles. The first-order chi connectivity index (χ1) is 5.30. The van der Waals surface area contributed by atoms with Gasteiger partial charge in [0.15, 0.2) is 11.0 Å². The average Bonchev–Trinajstić information content (AvgIpc) is 1.96. The predicted molar refractivity (Wildman–Crippen MR) is 33.7 cm³/mol. The van der Waals surface area contributed by atoms with E-state index in [1.165, 1.54) is 4.13 Å². The van der Waals surface area contributed by atoms with Crippen molar-refractivity contribution in [1.82, 2.24) is 4.13 Å². The Labute approximate surface area is 70.6 Å². The van der Waals surface area contributed by atoms with Gasteiger partial charge in [-0.3, -0.25) is 0 Å². The molecule has 1 fully saturated rings. The monoisotopic (exact) mass is 227 g/mol. The summed E-state index contributed by atoms with van der Waals surface area (Å²) in [6.07, 6.45) is 0. The lowest BCUT2D eigenvalue weighted by Gasteiger charge is -2.31. The maximum Gasteiger partial charge on any atom is 0.400 e. The molecule has 0 bridgehead atoms. The molecule has 0 saturated carbocycles. The van der Waals surface area contributed by atoms with E-state index < -0.39 is 27.7 Å². The van der Waals surface area contributed by atoms with Crippen LogP contribution in [0, 0.1) is 0 Å². The normalized spacial score (nSPS) is 39.4. The minimum absolute atomic E-state index is 0.311. The van der Waals surface area contributed by atoms with Gasteiger partial charge in [0, 0.05) is 0 Å². The van der Waals surface area contributed by atoms with E-state index in [9.17, 15) is 26.2 Å². The van der Waals surface area contributed by atoms with Crippen LogP contribution in [0.2, 0.25) is 0 Å². The zero-order valence-electron chi connectivity index (χ0n) is 5.19. The smallest absolute Gasteiger partial charge is 0.235 e. The summed E-state index contributed by atoms with van der Waals surface area (Å²) in [6, 6.07) is 0. The van der Waals surface area contributed by atoms with E-state index in [2.05, 4.69) is 0 Å². The fourth-order valence-corrected chi connectivity index (χ4v) is 2.30. The van der Waals surface area contributed by atoms with E-state index >= 15 is 0 Å². The molecule has 0 aliphatic carbocycles. The van der Waals surface area contributed by atoms with E-state index in [4.69, 9.17) is 0 Å². The first-order valence-corrected chi connectivity index (χ1v) is 4.56. The first-order valence-electron chi connectivity index (χ1n) is 2.53. The van der Waals surface area contributed by atoms with Crippen LogP contribution in [0.15, 0.2) is 0 Å². The Morgan fingerprint density at radius 2 is 1.83 bits per heavy atom. The summed E-state index contributed by atoms with van der Waals surface area (Å²) >= 11 is -0.311. The van der Waals surface area contributed by atoms with E-state index in [1.807, 2.05) is 0 Å². The molecule has 2 atom stereocenters. The molecule has 0 aromatic rings. The summed E-state index contributed by atoms with van der Waals surface area (Å²) in [6.45, 7) is 0. The molecule has 2 nitrogen and oxygen atoms in total.